The van der Waals surface area contributed by atoms with Crippen molar-refractivity contribution in [3.63, 3.8) is 0 Å². The maximum Gasteiger partial charge on any atom is 0.181 e. The van der Waals surface area contributed by atoms with Crippen molar-refractivity contribution in [3.05, 3.63) is 70.1 Å². The van der Waals surface area contributed by atoms with Crippen molar-refractivity contribution in [2.75, 3.05) is 0 Å². The number of hydrogen-bond donors (Lipinski definition) is 1. The van der Waals surface area contributed by atoms with Gasteiger partial charge in [0.05, 0.1) is 0 Å². The Morgan fingerprint density at radius 3 is 2.24 bits per heavy atom. The molecule has 0 bridgehead atoms. The lowest BCUT2D eigenvalue weighted by atomic mass is 10.1. The van der Waals surface area contributed by atoms with Crippen LogP contribution in [0.2, 0.25) is 0 Å². The van der Waals surface area contributed by atoms with Gasteiger partial charge < -0.3 is 10.3 Å². The van der Waals surface area contributed by atoms with E-state index in [9.17, 15) is 4.79 Å². The van der Waals surface area contributed by atoms with E-state index >= 15 is 0 Å². The molecule has 0 unspecified atom stereocenters. The molecule has 0 spiro atoms. The van der Waals surface area contributed by atoms with Crippen molar-refractivity contribution in [2.24, 2.45) is 5.73 Å². The second kappa shape index (κ2) is 4.93. The Balaban J connectivity index is 2.16. The van der Waals surface area contributed by atoms with Gasteiger partial charge in [-0.1, -0.05) is 36.5 Å². The normalized spacial score (nSPS) is 10.1. The summed E-state index contributed by atoms with van der Waals surface area (Å²) in [6.45, 7) is 0.720. The maximum absolute atomic E-state index is 11.0. The van der Waals surface area contributed by atoms with Crippen molar-refractivity contribution in [1.82, 2.24) is 4.57 Å². The zero-order chi connectivity index (χ0) is 12.3. The number of thiocarbonyl (C=S) groups is 1. The summed E-state index contributed by atoms with van der Waals surface area (Å²) >= 11 is 4.89. The van der Waals surface area contributed by atoms with Crippen LogP contribution in [0.3, 0.4) is 0 Å². The summed E-state index contributed by atoms with van der Waals surface area (Å²) in [4.78, 5) is 11.4. The molecule has 0 amide bonds. The standard InChI is InChI=1S/C13H12N2OS/c14-13(17)11-3-1-10(2-4-11)9-15-7-5-12(16)6-8-15/h1-8H,9H2,(H2,14,17). The molecule has 0 aliphatic heterocycles. The zero-order valence-electron chi connectivity index (χ0n) is 9.17. The predicted molar refractivity (Wildman–Crippen MR) is 72.1 cm³/mol. The van der Waals surface area contributed by atoms with Crippen LogP contribution in [-0.2, 0) is 6.54 Å². The quantitative estimate of drug-likeness (QED) is 0.833. The van der Waals surface area contributed by atoms with Crippen molar-refractivity contribution in [1.29, 1.82) is 0 Å². The first kappa shape index (κ1) is 11.5. The van der Waals surface area contributed by atoms with Gasteiger partial charge in [-0.3, -0.25) is 4.79 Å². The molecule has 2 N–H and O–H groups in total. The molecule has 0 atom stereocenters. The first-order chi connectivity index (χ1) is 8.15. The minimum Gasteiger partial charge on any atom is -0.389 e. The second-order valence-corrected chi connectivity index (χ2v) is 4.21. The van der Waals surface area contributed by atoms with E-state index in [2.05, 4.69) is 0 Å². The molecule has 2 rings (SSSR count). The lowest BCUT2D eigenvalue weighted by molar-refractivity contribution is 0.789. The highest BCUT2D eigenvalue weighted by molar-refractivity contribution is 7.80. The van der Waals surface area contributed by atoms with Crippen LogP contribution in [0.1, 0.15) is 11.1 Å². The number of nitrogens with two attached hydrogens (primary N) is 1. The molecule has 4 heteroatoms. The van der Waals surface area contributed by atoms with Crippen molar-refractivity contribution < 1.29 is 0 Å². The summed E-state index contributed by atoms with van der Waals surface area (Å²) in [6.07, 6.45) is 3.54. The molecule has 0 saturated heterocycles. The van der Waals surface area contributed by atoms with Gasteiger partial charge >= 0.3 is 0 Å². The summed E-state index contributed by atoms with van der Waals surface area (Å²) in [5.41, 5.74) is 7.54. The summed E-state index contributed by atoms with van der Waals surface area (Å²) in [5.74, 6) is 0. The van der Waals surface area contributed by atoms with Crippen LogP contribution in [0.25, 0.3) is 0 Å². The minimum atomic E-state index is 0.0186. The molecule has 1 aromatic heterocycles. The van der Waals surface area contributed by atoms with Gasteiger partial charge in [0, 0.05) is 36.6 Å². The first-order valence-corrected chi connectivity index (χ1v) is 5.61. The molecular weight excluding hydrogens is 232 g/mol. The van der Waals surface area contributed by atoms with Crippen LogP contribution >= 0.6 is 12.2 Å². The molecule has 0 aliphatic carbocycles. The Labute approximate surface area is 105 Å². The lowest BCUT2D eigenvalue weighted by Gasteiger charge is -2.06. The largest absolute Gasteiger partial charge is 0.389 e. The van der Waals surface area contributed by atoms with Gasteiger partial charge in [-0.2, -0.15) is 0 Å². The molecule has 1 aromatic carbocycles. The van der Waals surface area contributed by atoms with Gasteiger partial charge in [-0.15, -0.1) is 0 Å². The molecule has 0 radical (unpaired) electrons. The first-order valence-electron chi connectivity index (χ1n) is 5.20. The summed E-state index contributed by atoms with van der Waals surface area (Å²) in [5, 5.41) is 0. The van der Waals surface area contributed by atoms with E-state index in [1.54, 1.807) is 24.5 Å². The van der Waals surface area contributed by atoms with Crippen LogP contribution in [0.5, 0.6) is 0 Å². The third-order valence-corrected chi connectivity index (χ3v) is 2.70. The predicted octanol–water partition coefficient (Wildman–Crippen LogP) is 1.53. The van der Waals surface area contributed by atoms with E-state index in [1.807, 2.05) is 28.8 Å². The Morgan fingerprint density at radius 2 is 1.71 bits per heavy atom. The number of hydrogen-bond acceptors (Lipinski definition) is 2. The van der Waals surface area contributed by atoms with Gasteiger partial charge in [0.25, 0.3) is 0 Å². The minimum absolute atomic E-state index is 0.0186. The zero-order valence-corrected chi connectivity index (χ0v) is 9.98. The highest BCUT2D eigenvalue weighted by Crippen LogP contribution is 2.06. The number of benzene rings is 1. The van der Waals surface area contributed by atoms with Crippen LogP contribution in [0.4, 0.5) is 0 Å². The SMILES string of the molecule is NC(=S)c1ccc(Cn2ccc(=O)cc2)cc1. The van der Waals surface area contributed by atoms with E-state index in [0.29, 0.717) is 4.99 Å². The van der Waals surface area contributed by atoms with Crippen molar-refractivity contribution >= 4 is 17.2 Å². The molecule has 2 aromatic rings. The number of rotatable bonds is 3. The van der Waals surface area contributed by atoms with E-state index in [0.717, 1.165) is 17.7 Å². The highest BCUT2D eigenvalue weighted by atomic mass is 32.1. The summed E-state index contributed by atoms with van der Waals surface area (Å²) in [6, 6.07) is 10.9. The topological polar surface area (TPSA) is 48.0 Å². The molecule has 0 aliphatic rings. The van der Waals surface area contributed by atoms with Gasteiger partial charge in [-0.05, 0) is 5.56 Å². The third-order valence-electron chi connectivity index (χ3n) is 2.46. The Kier molecular flexibility index (Phi) is 3.35. The average Bonchev–Trinajstić information content (AvgIpc) is 2.33. The fraction of sp³-hybridized carbons (Fsp3) is 0.0769. The van der Waals surface area contributed by atoms with E-state index < -0.39 is 0 Å². The monoisotopic (exact) mass is 244 g/mol. The molecule has 86 valence electrons. The third kappa shape index (κ3) is 3.01. The highest BCUT2D eigenvalue weighted by Gasteiger charge is 1.97. The fourth-order valence-corrected chi connectivity index (χ4v) is 1.67. The van der Waals surface area contributed by atoms with Crippen molar-refractivity contribution in [2.45, 2.75) is 6.54 Å². The maximum atomic E-state index is 11.0. The Morgan fingerprint density at radius 1 is 1.12 bits per heavy atom. The number of aromatic nitrogens is 1. The number of pyridine rings is 1. The average molecular weight is 244 g/mol. The van der Waals surface area contributed by atoms with Gasteiger partial charge in [0.2, 0.25) is 0 Å². The van der Waals surface area contributed by atoms with Gasteiger partial charge in [0.1, 0.15) is 4.99 Å². The molecule has 0 saturated carbocycles. The van der Waals surface area contributed by atoms with Gasteiger partial charge in [0.15, 0.2) is 5.43 Å². The molecule has 0 fully saturated rings. The van der Waals surface area contributed by atoms with Crippen LogP contribution in [0.15, 0.2) is 53.6 Å². The van der Waals surface area contributed by atoms with Crippen LogP contribution in [-0.4, -0.2) is 9.56 Å². The van der Waals surface area contributed by atoms with Crippen molar-refractivity contribution in [3.8, 4) is 0 Å². The molecule has 17 heavy (non-hydrogen) atoms. The number of nitrogens with zero attached hydrogens (tertiary/aromatic N) is 1. The van der Waals surface area contributed by atoms with E-state index in [-0.39, 0.29) is 5.43 Å². The lowest BCUT2D eigenvalue weighted by Crippen LogP contribution is -2.09. The fourth-order valence-electron chi connectivity index (χ4n) is 1.53. The molecule has 1 heterocycles. The Bertz CT molecular complexity index is 567. The van der Waals surface area contributed by atoms with E-state index in [1.165, 1.54) is 0 Å². The van der Waals surface area contributed by atoms with Gasteiger partial charge in [-0.25, -0.2) is 0 Å². The smallest absolute Gasteiger partial charge is 0.181 e. The van der Waals surface area contributed by atoms with Crippen LogP contribution in [0, 0.1) is 0 Å². The molecular formula is C13H12N2OS. The van der Waals surface area contributed by atoms with E-state index in [4.69, 9.17) is 18.0 Å². The Hall–Kier alpha value is -1.94. The summed E-state index contributed by atoms with van der Waals surface area (Å²) in [7, 11) is 0. The van der Waals surface area contributed by atoms with Crippen LogP contribution < -0.4 is 11.2 Å². The second-order valence-electron chi connectivity index (χ2n) is 3.77. The molecule has 3 nitrogen and oxygen atoms in total. The summed E-state index contributed by atoms with van der Waals surface area (Å²) < 4.78 is 1.94.